The van der Waals surface area contributed by atoms with Crippen molar-refractivity contribution in [1.29, 1.82) is 0 Å². The SMILES string of the molecule is COCCNC(=O)c1ccc(CNc2ncnc3c2sc2nnc(C)c(C)c23)cc1Cl. The number of benzene rings is 1. The molecule has 0 fully saturated rings. The molecule has 2 N–H and O–H groups in total. The van der Waals surface area contributed by atoms with E-state index in [1.54, 1.807) is 25.6 Å². The van der Waals surface area contributed by atoms with Gasteiger partial charge in [-0.3, -0.25) is 4.79 Å². The standard InChI is InChI=1S/C21H21ClN6O2S/c1-11-12(2)27-28-21-16(11)17-18(31-21)19(26-10-25-17)24-9-13-4-5-14(15(22)8-13)20(29)23-6-7-30-3/h4-5,8,10H,6-7,9H2,1-3H3,(H,23,29)(H,24,25,26). The molecule has 0 radical (unpaired) electrons. The third kappa shape index (κ3) is 4.30. The monoisotopic (exact) mass is 456 g/mol. The van der Waals surface area contributed by atoms with E-state index in [-0.39, 0.29) is 5.91 Å². The maximum Gasteiger partial charge on any atom is 0.252 e. The molecular formula is C21H21ClN6O2S. The highest BCUT2D eigenvalue weighted by atomic mass is 35.5. The molecular weight excluding hydrogens is 436 g/mol. The number of amides is 1. The van der Waals surface area contributed by atoms with Crippen molar-refractivity contribution < 1.29 is 9.53 Å². The average Bonchev–Trinajstić information content (AvgIpc) is 3.15. The number of carbonyl (C=O) groups is 1. The summed E-state index contributed by atoms with van der Waals surface area (Å²) in [5.41, 5.74) is 4.19. The number of carbonyl (C=O) groups excluding carboxylic acids is 1. The summed E-state index contributed by atoms with van der Waals surface area (Å²) in [5.74, 6) is 0.499. The van der Waals surface area contributed by atoms with Crippen LogP contribution in [0.2, 0.25) is 5.02 Å². The third-order valence-corrected chi connectivity index (χ3v) is 6.37. The van der Waals surface area contributed by atoms with Crippen molar-refractivity contribution in [1.82, 2.24) is 25.5 Å². The van der Waals surface area contributed by atoms with E-state index in [4.69, 9.17) is 16.3 Å². The van der Waals surface area contributed by atoms with Crippen LogP contribution >= 0.6 is 22.9 Å². The topological polar surface area (TPSA) is 102 Å². The Labute approximate surface area is 188 Å². The fraction of sp³-hybridized carbons (Fsp3) is 0.286. The largest absolute Gasteiger partial charge is 0.383 e. The molecule has 4 rings (SSSR count). The van der Waals surface area contributed by atoms with Crippen LogP contribution in [0, 0.1) is 13.8 Å². The summed E-state index contributed by atoms with van der Waals surface area (Å²) < 4.78 is 5.87. The van der Waals surface area contributed by atoms with Crippen LogP contribution < -0.4 is 10.6 Å². The molecule has 0 spiro atoms. The normalized spacial score (nSPS) is 11.2. The minimum Gasteiger partial charge on any atom is -0.383 e. The Hall–Kier alpha value is -2.88. The lowest BCUT2D eigenvalue weighted by atomic mass is 10.1. The van der Waals surface area contributed by atoms with Crippen molar-refractivity contribution in [3.63, 3.8) is 0 Å². The van der Waals surface area contributed by atoms with Crippen molar-refractivity contribution in [2.45, 2.75) is 20.4 Å². The summed E-state index contributed by atoms with van der Waals surface area (Å²) in [6.45, 7) is 5.34. The lowest BCUT2D eigenvalue weighted by Crippen LogP contribution is -2.27. The number of ether oxygens (including phenoxy) is 1. The summed E-state index contributed by atoms with van der Waals surface area (Å²) >= 11 is 7.86. The molecule has 4 aromatic rings. The summed E-state index contributed by atoms with van der Waals surface area (Å²) in [7, 11) is 1.58. The van der Waals surface area contributed by atoms with Crippen LogP contribution in [0.3, 0.4) is 0 Å². The van der Waals surface area contributed by atoms with Gasteiger partial charge in [-0.15, -0.1) is 16.4 Å². The van der Waals surface area contributed by atoms with E-state index >= 15 is 0 Å². The number of methoxy groups -OCH3 is 1. The Morgan fingerprint density at radius 1 is 1.23 bits per heavy atom. The maximum absolute atomic E-state index is 12.2. The van der Waals surface area contributed by atoms with E-state index in [1.807, 2.05) is 19.9 Å². The number of nitrogens with one attached hydrogen (secondary N) is 2. The molecule has 31 heavy (non-hydrogen) atoms. The highest BCUT2D eigenvalue weighted by Crippen LogP contribution is 2.36. The van der Waals surface area contributed by atoms with Crippen LogP contribution in [0.15, 0.2) is 24.5 Å². The quantitative estimate of drug-likeness (QED) is 0.406. The Bertz CT molecular complexity index is 1280. The number of hydrogen-bond donors (Lipinski definition) is 2. The molecule has 0 unspecified atom stereocenters. The van der Waals surface area contributed by atoms with Crippen LogP contribution in [0.4, 0.5) is 5.82 Å². The zero-order chi connectivity index (χ0) is 22.0. The fourth-order valence-corrected chi connectivity index (χ4v) is 4.60. The second-order valence-corrected chi connectivity index (χ2v) is 8.42. The number of rotatable bonds is 7. The summed E-state index contributed by atoms with van der Waals surface area (Å²) in [6, 6.07) is 5.37. The van der Waals surface area contributed by atoms with E-state index in [9.17, 15) is 4.79 Å². The van der Waals surface area contributed by atoms with Gasteiger partial charge in [0.25, 0.3) is 5.91 Å². The molecule has 0 saturated carbocycles. The fourth-order valence-electron chi connectivity index (χ4n) is 3.21. The first-order chi connectivity index (χ1) is 15.0. The van der Waals surface area contributed by atoms with E-state index in [2.05, 4.69) is 30.8 Å². The first-order valence-corrected chi connectivity index (χ1v) is 10.9. The van der Waals surface area contributed by atoms with Crippen molar-refractivity contribution >= 4 is 55.1 Å². The minimum atomic E-state index is -0.226. The summed E-state index contributed by atoms with van der Waals surface area (Å²) in [4.78, 5) is 22.0. The molecule has 0 saturated heterocycles. The zero-order valence-electron chi connectivity index (χ0n) is 17.3. The van der Waals surface area contributed by atoms with E-state index in [0.29, 0.717) is 30.3 Å². The second kappa shape index (κ2) is 9.09. The molecule has 0 aliphatic carbocycles. The highest BCUT2D eigenvalue weighted by molar-refractivity contribution is 7.25. The Kier molecular flexibility index (Phi) is 6.26. The van der Waals surface area contributed by atoms with Gasteiger partial charge in [-0.1, -0.05) is 17.7 Å². The highest BCUT2D eigenvalue weighted by Gasteiger charge is 2.16. The molecule has 0 bridgehead atoms. The lowest BCUT2D eigenvalue weighted by Gasteiger charge is -2.10. The summed E-state index contributed by atoms with van der Waals surface area (Å²) in [6.07, 6.45) is 1.55. The van der Waals surface area contributed by atoms with Gasteiger partial charge in [0.15, 0.2) is 0 Å². The van der Waals surface area contributed by atoms with Gasteiger partial charge in [0.2, 0.25) is 0 Å². The molecule has 10 heteroatoms. The number of hydrogen-bond acceptors (Lipinski definition) is 8. The lowest BCUT2D eigenvalue weighted by molar-refractivity contribution is 0.0937. The molecule has 8 nitrogen and oxygen atoms in total. The van der Waals surface area contributed by atoms with Gasteiger partial charge in [-0.05, 0) is 37.1 Å². The third-order valence-electron chi connectivity index (χ3n) is 4.99. The molecule has 160 valence electrons. The number of fused-ring (bicyclic) bond motifs is 3. The van der Waals surface area contributed by atoms with Crippen molar-refractivity contribution in [2.24, 2.45) is 0 Å². The number of aromatic nitrogens is 4. The number of anilines is 1. The number of nitrogens with zero attached hydrogens (tertiary/aromatic N) is 4. The van der Waals surface area contributed by atoms with Gasteiger partial charge in [-0.2, -0.15) is 5.10 Å². The van der Waals surface area contributed by atoms with Crippen LogP contribution in [0.1, 0.15) is 27.2 Å². The first-order valence-electron chi connectivity index (χ1n) is 9.66. The van der Waals surface area contributed by atoms with Gasteiger partial charge < -0.3 is 15.4 Å². The van der Waals surface area contributed by atoms with Gasteiger partial charge in [-0.25, -0.2) is 9.97 Å². The number of aryl methyl sites for hydroxylation is 2. The molecule has 0 aliphatic rings. The van der Waals surface area contributed by atoms with Gasteiger partial charge in [0.05, 0.1) is 33.1 Å². The second-order valence-electron chi connectivity index (χ2n) is 7.01. The Morgan fingerprint density at radius 2 is 2.06 bits per heavy atom. The molecule has 3 heterocycles. The van der Waals surface area contributed by atoms with Crippen LogP contribution in [0.5, 0.6) is 0 Å². The van der Waals surface area contributed by atoms with Crippen molar-refractivity contribution in [2.75, 3.05) is 25.6 Å². The molecule has 0 atom stereocenters. The number of thiophene rings is 1. The van der Waals surface area contributed by atoms with Crippen molar-refractivity contribution in [3.05, 3.63) is 51.9 Å². The Morgan fingerprint density at radius 3 is 2.84 bits per heavy atom. The Balaban J connectivity index is 1.55. The summed E-state index contributed by atoms with van der Waals surface area (Å²) in [5, 5.41) is 16.1. The minimum absolute atomic E-state index is 0.226. The molecule has 0 aliphatic heterocycles. The van der Waals surface area contributed by atoms with Crippen LogP contribution in [-0.4, -0.2) is 46.3 Å². The predicted molar refractivity (Wildman–Crippen MR) is 123 cm³/mol. The van der Waals surface area contributed by atoms with Gasteiger partial charge >= 0.3 is 0 Å². The van der Waals surface area contributed by atoms with Gasteiger partial charge in [0.1, 0.15) is 17.0 Å². The smallest absolute Gasteiger partial charge is 0.252 e. The molecule has 3 aromatic heterocycles. The molecule has 1 amide bonds. The van der Waals surface area contributed by atoms with E-state index < -0.39 is 0 Å². The zero-order valence-corrected chi connectivity index (χ0v) is 18.9. The van der Waals surface area contributed by atoms with E-state index in [0.717, 1.165) is 43.1 Å². The number of halogens is 1. The van der Waals surface area contributed by atoms with E-state index in [1.165, 1.54) is 11.3 Å². The van der Waals surface area contributed by atoms with Crippen molar-refractivity contribution in [3.8, 4) is 0 Å². The maximum atomic E-state index is 12.2. The molecule has 1 aromatic carbocycles. The first kappa shape index (κ1) is 21.4. The van der Waals surface area contributed by atoms with Gasteiger partial charge in [0, 0.05) is 25.6 Å². The van der Waals surface area contributed by atoms with Crippen LogP contribution in [-0.2, 0) is 11.3 Å². The van der Waals surface area contributed by atoms with Crippen LogP contribution in [0.25, 0.3) is 20.4 Å². The predicted octanol–water partition coefficient (Wildman–Crippen LogP) is 3.89. The average molecular weight is 457 g/mol.